The van der Waals surface area contributed by atoms with E-state index in [1.807, 2.05) is 12.3 Å². The van der Waals surface area contributed by atoms with Gasteiger partial charge in [-0.15, -0.1) is 0 Å². The van der Waals surface area contributed by atoms with Crippen molar-refractivity contribution in [1.82, 2.24) is 15.2 Å². The quantitative estimate of drug-likeness (QED) is 0.829. The van der Waals surface area contributed by atoms with E-state index in [0.717, 1.165) is 19.6 Å². The van der Waals surface area contributed by atoms with E-state index in [1.54, 1.807) is 0 Å². The molecule has 1 N–H and O–H groups in total. The van der Waals surface area contributed by atoms with Crippen LogP contribution >= 0.6 is 0 Å². The van der Waals surface area contributed by atoms with Crippen LogP contribution in [-0.4, -0.2) is 36.6 Å². The van der Waals surface area contributed by atoms with Crippen LogP contribution in [0.25, 0.3) is 0 Å². The van der Waals surface area contributed by atoms with E-state index in [9.17, 15) is 0 Å². The number of nitrogens with one attached hydrogen (secondary N) is 1. The van der Waals surface area contributed by atoms with Crippen molar-refractivity contribution in [2.75, 3.05) is 26.7 Å². The summed E-state index contributed by atoms with van der Waals surface area (Å²) in [5.74, 6) is 0. The van der Waals surface area contributed by atoms with Gasteiger partial charge >= 0.3 is 0 Å². The summed E-state index contributed by atoms with van der Waals surface area (Å²) < 4.78 is 0. The number of hydrogen-bond acceptors (Lipinski definition) is 3. The first-order valence-corrected chi connectivity index (χ1v) is 8.03. The van der Waals surface area contributed by atoms with Gasteiger partial charge in [-0.1, -0.05) is 32.3 Å². The van der Waals surface area contributed by atoms with Crippen molar-refractivity contribution in [3.05, 3.63) is 30.1 Å². The van der Waals surface area contributed by atoms with Crippen molar-refractivity contribution in [2.24, 2.45) is 5.41 Å². The fraction of sp³-hybridized carbons (Fsp3) is 0.706. The van der Waals surface area contributed by atoms with Gasteiger partial charge in [0.2, 0.25) is 0 Å². The molecule has 0 aromatic carbocycles. The smallest absolute Gasteiger partial charge is 0.0543 e. The zero-order valence-corrected chi connectivity index (χ0v) is 13.1. The van der Waals surface area contributed by atoms with Crippen LogP contribution in [0.2, 0.25) is 0 Å². The zero-order valence-electron chi connectivity index (χ0n) is 13.1. The van der Waals surface area contributed by atoms with Crippen molar-refractivity contribution in [3.63, 3.8) is 0 Å². The topological polar surface area (TPSA) is 28.2 Å². The molecule has 0 bridgehead atoms. The number of aromatic nitrogens is 1. The van der Waals surface area contributed by atoms with Gasteiger partial charge in [0.05, 0.1) is 5.69 Å². The summed E-state index contributed by atoms with van der Waals surface area (Å²) >= 11 is 0. The molecule has 1 aromatic heterocycles. The Labute approximate surface area is 123 Å². The van der Waals surface area contributed by atoms with Crippen molar-refractivity contribution in [2.45, 2.75) is 45.6 Å². The molecule has 112 valence electrons. The third-order valence-electron chi connectivity index (χ3n) is 4.43. The van der Waals surface area contributed by atoms with Crippen LogP contribution in [0.1, 0.15) is 44.7 Å². The third kappa shape index (κ3) is 4.57. The Kier molecular flexibility index (Phi) is 5.99. The Balaban J connectivity index is 1.92. The normalized spacial score (nSPS) is 18.4. The fourth-order valence-electron chi connectivity index (χ4n) is 3.48. The van der Waals surface area contributed by atoms with E-state index >= 15 is 0 Å². The number of rotatable bonds is 7. The standard InChI is InChI=1S/C17H29N3/c1-3-18-14-17(10-6-4-7-11-17)15-20(2)13-16-9-5-8-12-19-16/h5,8-9,12,18H,3-4,6-7,10-11,13-15H2,1-2H3. The van der Waals surface area contributed by atoms with Crippen LogP contribution in [-0.2, 0) is 6.54 Å². The molecule has 0 saturated heterocycles. The highest BCUT2D eigenvalue weighted by atomic mass is 15.1. The molecular formula is C17H29N3. The maximum atomic E-state index is 4.44. The summed E-state index contributed by atoms with van der Waals surface area (Å²) in [6, 6.07) is 6.18. The Hall–Kier alpha value is -0.930. The summed E-state index contributed by atoms with van der Waals surface area (Å²) in [7, 11) is 2.23. The average Bonchev–Trinajstić information content (AvgIpc) is 2.47. The lowest BCUT2D eigenvalue weighted by atomic mass is 9.73. The summed E-state index contributed by atoms with van der Waals surface area (Å²) in [6.45, 7) is 6.57. The second kappa shape index (κ2) is 7.75. The number of hydrogen-bond donors (Lipinski definition) is 1. The minimum Gasteiger partial charge on any atom is -0.316 e. The molecule has 1 fully saturated rings. The summed E-state index contributed by atoms with van der Waals surface area (Å²) in [5.41, 5.74) is 1.64. The molecule has 3 nitrogen and oxygen atoms in total. The first kappa shape index (κ1) is 15.5. The van der Waals surface area contributed by atoms with Gasteiger partial charge in [-0.3, -0.25) is 9.88 Å². The van der Waals surface area contributed by atoms with E-state index in [2.05, 4.69) is 41.3 Å². The Morgan fingerprint density at radius 1 is 1.25 bits per heavy atom. The molecule has 3 heteroatoms. The van der Waals surface area contributed by atoms with Gasteiger partial charge in [0.1, 0.15) is 0 Å². The molecule has 20 heavy (non-hydrogen) atoms. The van der Waals surface area contributed by atoms with Crippen LogP contribution in [0, 0.1) is 5.41 Å². The van der Waals surface area contributed by atoms with E-state index < -0.39 is 0 Å². The lowest BCUT2D eigenvalue weighted by Crippen LogP contribution is -2.44. The van der Waals surface area contributed by atoms with Crippen molar-refractivity contribution >= 4 is 0 Å². The molecule has 1 aromatic rings. The van der Waals surface area contributed by atoms with Gasteiger partial charge in [-0.25, -0.2) is 0 Å². The van der Waals surface area contributed by atoms with Gasteiger partial charge in [-0.2, -0.15) is 0 Å². The molecule has 2 rings (SSSR count). The van der Waals surface area contributed by atoms with E-state index in [-0.39, 0.29) is 0 Å². The van der Waals surface area contributed by atoms with Crippen LogP contribution in [0.3, 0.4) is 0 Å². The molecule has 1 saturated carbocycles. The number of pyridine rings is 1. The lowest BCUT2D eigenvalue weighted by molar-refractivity contribution is 0.114. The maximum Gasteiger partial charge on any atom is 0.0543 e. The van der Waals surface area contributed by atoms with Crippen LogP contribution < -0.4 is 5.32 Å². The minimum atomic E-state index is 0.470. The predicted octanol–water partition coefficient (Wildman–Crippen LogP) is 3.07. The Bertz CT molecular complexity index is 371. The third-order valence-corrected chi connectivity index (χ3v) is 4.43. The second-order valence-electron chi connectivity index (χ2n) is 6.33. The Morgan fingerprint density at radius 2 is 2.05 bits per heavy atom. The van der Waals surface area contributed by atoms with Crippen LogP contribution in [0.5, 0.6) is 0 Å². The van der Waals surface area contributed by atoms with Gasteiger partial charge < -0.3 is 5.32 Å². The highest BCUT2D eigenvalue weighted by Crippen LogP contribution is 2.36. The molecule has 0 atom stereocenters. The zero-order chi connectivity index (χ0) is 14.3. The summed E-state index contributed by atoms with van der Waals surface area (Å²) in [4.78, 5) is 6.89. The molecule has 0 amide bonds. The summed E-state index contributed by atoms with van der Waals surface area (Å²) in [5, 5.41) is 3.59. The van der Waals surface area contributed by atoms with Crippen molar-refractivity contribution < 1.29 is 0 Å². The molecule has 1 heterocycles. The van der Waals surface area contributed by atoms with Crippen molar-refractivity contribution in [3.8, 4) is 0 Å². The largest absolute Gasteiger partial charge is 0.316 e. The van der Waals surface area contributed by atoms with E-state index in [0.29, 0.717) is 5.41 Å². The minimum absolute atomic E-state index is 0.470. The molecule has 1 aliphatic rings. The molecule has 0 radical (unpaired) electrons. The number of nitrogens with zero attached hydrogens (tertiary/aromatic N) is 2. The lowest BCUT2D eigenvalue weighted by Gasteiger charge is -2.40. The monoisotopic (exact) mass is 275 g/mol. The molecule has 1 aliphatic carbocycles. The first-order chi connectivity index (χ1) is 9.74. The van der Waals surface area contributed by atoms with Gasteiger partial charge in [0, 0.05) is 25.8 Å². The van der Waals surface area contributed by atoms with Crippen molar-refractivity contribution in [1.29, 1.82) is 0 Å². The highest BCUT2D eigenvalue weighted by Gasteiger charge is 2.32. The van der Waals surface area contributed by atoms with Crippen LogP contribution in [0.4, 0.5) is 0 Å². The van der Waals surface area contributed by atoms with Crippen LogP contribution in [0.15, 0.2) is 24.4 Å². The molecule has 0 spiro atoms. The van der Waals surface area contributed by atoms with Gasteiger partial charge in [0.25, 0.3) is 0 Å². The average molecular weight is 275 g/mol. The maximum absolute atomic E-state index is 4.44. The second-order valence-corrected chi connectivity index (χ2v) is 6.33. The SMILES string of the molecule is CCNCC1(CN(C)Cc2ccccn2)CCCCC1. The Morgan fingerprint density at radius 3 is 2.70 bits per heavy atom. The molecular weight excluding hydrogens is 246 g/mol. The predicted molar refractivity (Wildman–Crippen MR) is 84.6 cm³/mol. The highest BCUT2D eigenvalue weighted by molar-refractivity contribution is 5.03. The molecule has 0 aliphatic heterocycles. The van der Waals surface area contributed by atoms with Gasteiger partial charge in [0.15, 0.2) is 0 Å². The fourth-order valence-corrected chi connectivity index (χ4v) is 3.48. The first-order valence-electron chi connectivity index (χ1n) is 8.03. The van der Waals surface area contributed by atoms with E-state index in [1.165, 1.54) is 44.3 Å². The van der Waals surface area contributed by atoms with Gasteiger partial charge in [-0.05, 0) is 44.0 Å². The summed E-state index contributed by atoms with van der Waals surface area (Å²) in [6.07, 6.45) is 8.82. The molecule has 0 unspecified atom stereocenters. The van der Waals surface area contributed by atoms with E-state index in [4.69, 9.17) is 0 Å².